The molecule has 1 N–H and O–H groups in total. The topological polar surface area (TPSA) is 34.1 Å². The van der Waals surface area contributed by atoms with Crippen molar-refractivity contribution in [1.82, 2.24) is 10.3 Å². The first kappa shape index (κ1) is 14.1. The van der Waals surface area contributed by atoms with Crippen molar-refractivity contribution < 1.29 is 9.13 Å². The number of ether oxygens (including phenoxy) is 1. The van der Waals surface area contributed by atoms with E-state index in [4.69, 9.17) is 4.74 Å². The van der Waals surface area contributed by atoms with Gasteiger partial charge in [0.2, 0.25) is 0 Å². The zero-order valence-corrected chi connectivity index (χ0v) is 11.0. The number of rotatable bonds is 6. The molecule has 1 atom stereocenters. The molecule has 0 aliphatic rings. The first-order chi connectivity index (χ1) is 8.15. The molecule has 0 fully saturated rings. The van der Waals surface area contributed by atoms with Gasteiger partial charge >= 0.3 is 0 Å². The number of hydrogen-bond donors (Lipinski definition) is 1. The molecule has 0 radical (unpaired) electrons. The van der Waals surface area contributed by atoms with Crippen LogP contribution < -0.4 is 5.32 Å². The highest BCUT2D eigenvalue weighted by atomic mass is 19.1. The van der Waals surface area contributed by atoms with E-state index in [0.29, 0.717) is 5.56 Å². The predicted molar refractivity (Wildman–Crippen MR) is 66.3 cm³/mol. The molecule has 1 unspecified atom stereocenters. The van der Waals surface area contributed by atoms with Crippen LogP contribution in [0.5, 0.6) is 0 Å². The molecule has 0 saturated heterocycles. The van der Waals surface area contributed by atoms with Crippen LogP contribution in [0.1, 0.15) is 38.3 Å². The standard InChI is InChI=1S/C13H21FN2O/c1-5-13(6-2,17-4)12(15-3)10-7-8-16-9-11(10)14/h7-9,12,15H,5-6H2,1-4H3. The van der Waals surface area contributed by atoms with Gasteiger partial charge in [0.25, 0.3) is 0 Å². The minimum Gasteiger partial charge on any atom is -0.376 e. The summed E-state index contributed by atoms with van der Waals surface area (Å²) >= 11 is 0. The fraction of sp³-hybridized carbons (Fsp3) is 0.615. The Morgan fingerprint density at radius 3 is 2.53 bits per heavy atom. The van der Waals surface area contributed by atoms with Crippen LogP contribution in [0.15, 0.2) is 18.5 Å². The second-order valence-electron chi connectivity index (χ2n) is 4.09. The number of methoxy groups -OCH3 is 1. The van der Waals surface area contributed by atoms with Gasteiger partial charge in [-0.2, -0.15) is 0 Å². The number of nitrogens with zero attached hydrogens (tertiary/aromatic N) is 1. The van der Waals surface area contributed by atoms with Crippen LogP contribution in [-0.2, 0) is 4.74 Å². The van der Waals surface area contributed by atoms with Crippen LogP contribution >= 0.6 is 0 Å². The van der Waals surface area contributed by atoms with Crippen molar-refractivity contribution in [1.29, 1.82) is 0 Å². The Hall–Kier alpha value is -1.00. The molecule has 17 heavy (non-hydrogen) atoms. The average Bonchev–Trinajstić information content (AvgIpc) is 2.38. The zero-order valence-electron chi connectivity index (χ0n) is 11.0. The van der Waals surface area contributed by atoms with Crippen LogP contribution in [0.2, 0.25) is 0 Å². The fourth-order valence-corrected chi connectivity index (χ4v) is 2.39. The lowest BCUT2D eigenvalue weighted by Crippen LogP contribution is -2.44. The van der Waals surface area contributed by atoms with Gasteiger partial charge in [-0.1, -0.05) is 13.8 Å². The second kappa shape index (κ2) is 6.07. The minimum absolute atomic E-state index is 0.175. The van der Waals surface area contributed by atoms with Gasteiger partial charge in [-0.05, 0) is 26.0 Å². The van der Waals surface area contributed by atoms with Gasteiger partial charge in [0, 0.05) is 18.9 Å². The number of likely N-dealkylation sites (N-methyl/N-ethyl adjacent to an activating group) is 1. The molecule has 0 saturated carbocycles. The van der Waals surface area contributed by atoms with Crippen molar-refractivity contribution in [2.45, 2.75) is 38.3 Å². The quantitative estimate of drug-likeness (QED) is 0.830. The molecular weight excluding hydrogens is 219 g/mol. The molecule has 0 spiro atoms. The Bertz CT molecular complexity index is 345. The van der Waals surface area contributed by atoms with Crippen LogP contribution in [-0.4, -0.2) is 24.7 Å². The van der Waals surface area contributed by atoms with E-state index in [9.17, 15) is 4.39 Å². The number of nitrogens with one attached hydrogen (secondary N) is 1. The van der Waals surface area contributed by atoms with E-state index in [1.807, 2.05) is 7.05 Å². The minimum atomic E-state index is -0.392. The van der Waals surface area contributed by atoms with E-state index in [-0.39, 0.29) is 11.9 Å². The lowest BCUT2D eigenvalue weighted by atomic mass is 9.84. The summed E-state index contributed by atoms with van der Waals surface area (Å²) in [6.07, 6.45) is 4.47. The highest BCUT2D eigenvalue weighted by Crippen LogP contribution is 2.35. The van der Waals surface area contributed by atoms with Gasteiger partial charge in [0.1, 0.15) is 5.82 Å². The Morgan fingerprint density at radius 1 is 1.47 bits per heavy atom. The maximum atomic E-state index is 13.8. The van der Waals surface area contributed by atoms with Crippen molar-refractivity contribution in [3.63, 3.8) is 0 Å². The molecule has 1 heterocycles. The SMILES string of the molecule is CCC(CC)(OC)C(NC)c1ccncc1F. The number of halogens is 1. The van der Waals surface area contributed by atoms with Crippen molar-refractivity contribution in [2.24, 2.45) is 0 Å². The molecule has 4 heteroatoms. The summed E-state index contributed by atoms with van der Waals surface area (Å²) in [6, 6.07) is 1.53. The maximum Gasteiger partial charge on any atom is 0.146 e. The van der Waals surface area contributed by atoms with Crippen LogP contribution in [0, 0.1) is 5.82 Å². The largest absolute Gasteiger partial charge is 0.376 e. The first-order valence-corrected chi connectivity index (χ1v) is 5.97. The summed E-state index contributed by atoms with van der Waals surface area (Å²) < 4.78 is 19.5. The summed E-state index contributed by atoms with van der Waals surface area (Å²) in [4.78, 5) is 3.78. The van der Waals surface area contributed by atoms with Gasteiger partial charge in [-0.3, -0.25) is 4.98 Å². The van der Waals surface area contributed by atoms with E-state index < -0.39 is 5.60 Å². The lowest BCUT2D eigenvalue weighted by molar-refractivity contribution is -0.0476. The number of hydrogen-bond acceptors (Lipinski definition) is 3. The second-order valence-corrected chi connectivity index (χ2v) is 4.09. The fourth-order valence-electron chi connectivity index (χ4n) is 2.39. The van der Waals surface area contributed by atoms with Gasteiger partial charge < -0.3 is 10.1 Å². The Balaban J connectivity index is 3.18. The summed E-state index contributed by atoms with van der Waals surface area (Å²) in [5.41, 5.74) is 0.213. The van der Waals surface area contributed by atoms with E-state index in [0.717, 1.165) is 12.8 Å². The van der Waals surface area contributed by atoms with Gasteiger partial charge in [-0.15, -0.1) is 0 Å². The van der Waals surface area contributed by atoms with E-state index in [1.165, 1.54) is 6.20 Å². The van der Waals surface area contributed by atoms with Gasteiger partial charge in [0.05, 0.1) is 17.8 Å². The smallest absolute Gasteiger partial charge is 0.146 e. The summed E-state index contributed by atoms with van der Waals surface area (Å²) in [7, 11) is 3.50. The van der Waals surface area contributed by atoms with Crippen LogP contribution in [0.25, 0.3) is 0 Å². The first-order valence-electron chi connectivity index (χ1n) is 5.97. The highest BCUT2D eigenvalue weighted by Gasteiger charge is 2.37. The molecule has 1 rings (SSSR count). The van der Waals surface area contributed by atoms with Crippen molar-refractivity contribution >= 4 is 0 Å². The average molecular weight is 240 g/mol. The molecular formula is C13H21FN2O. The van der Waals surface area contributed by atoms with Gasteiger partial charge in [0.15, 0.2) is 0 Å². The maximum absolute atomic E-state index is 13.8. The summed E-state index contributed by atoms with van der Waals surface area (Å²) in [5, 5.41) is 3.16. The molecule has 0 amide bonds. The van der Waals surface area contributed by atoms with E-state index in [2.05, 4.69) is 24.1 Å². The molecule has 0 aliphatic heterocycles. The highest BCUT2D eigenvalue weighted by molar-refractivity contribution is 5.21. The summed E-state index contributed by atoms with van der Waals surface area (Å²) in [6.45, 7) is 4.10. The third-order valence-corrected chi connectivity index (χ3v) is 3.53. The monoisotopic (exact) mass is 240 g/mol. The third-order valence-electron chi connectivity index (χ3n) is 3.53. The van der Waals surface area contributed by atoms with Crippen LogP contribution in [0.3, 0.4) is 0 Å². The Labute approximate surface area is 102 Å². The number of aromatic nitrogens is 1. The van der Waals surface area contributed by atoms with Crippen molar-refractivity contribution in [3.8, 4) is 0 Å². The van der Waals surface area contributed by atoms with E-state index >= 15 is 0 Å². The van der Waals surface area contributed by atoms with Crippen LogP contribution in [0.4, 0.5) is 4.39 Å². The Morgan fingerprint density at radius 2 is 2.12 bits per heavy atom. The molecule has 1 aromatic rings. The molecule has 0 bridgehead atoms. The molecule has 0 aliphatic carbocycles. The molecule has 96 valence electrons. The van der Waals surface area contributed by atoms with E-state index in [1.54, 1.807) is 19.4 Å². The normalized spacial score (nSPS) is 13.7. The molecule has 0 aromatic carbocycles. The zero-order chi connectivity index (χ0) is 12.9. The third kappa shape index (κ3) is 2.64. The van der Waals surface area contributed by atoms with Crippen molar-refractivity contribution in [2.75, 3.05) is 14.2 Å². The Kier molecular flexibility index (Phi) is 5.02. The lowest BCUT2D eigenvalue weighted by Gasteiger charge is -2.38. The van der Waals surface area contributed by atoms with Crippen molar-refractivity contribution in [3.05, 3.63) is 29.8 Å². The predicted octanol–water partition coefficient (Wildman–Crippen LogP) is 2.69. The molecule has 3 nitrogen and oxygen atoms in total. The summed E-state index contributed by atoms with van der Waals surface area (Å²) in [5.74, 6) is -0.296. The molecule has 1 aromatic heterocycles. The van der Waals surface area contributed by atoms with Gasteiger partial charge in [-0.25, -0.2) is 4.39 Å². The number of pyridine rings is 1.